The summed E-state index contributed by atoms with van der Waals surface area (Å²) in [6.07, 6.45) is 1.59. The molecule has 0 saturated heterocycles. The molecule has 0 saturated carbocycles. The molecule has 0 aliphatic rings. The van der Waals surface area contributed by atoms with Gasteiger partial charge in [-0.15, -0.1) is 0 Å². The molecule has 2 aromatic heterocycles. The number of hydrogen-bond donors (Lipinski definition) is 2. The Morgan fingerprint density at radius 3 is 2.79 bits per heavy atom. The van der Waals surface area contributed by atoms with Crippen molar-refractivity contribution in [3.05, 3.63) is 57.0 Å². The van der Waals surface area contributed by atoms with E-state index in [4.69, 9.17) is 0 Å². The third kappa shape index (κ3) is 3.67. The second-order valence-corrected chi connectivity index (χ2v) is 6.79. The predicted molar refractivity (Wildman–Crippen MR) is 108 cm³/mol. The summed E-state index contributed by atoms with van der Waals surface area (Å²) in [5.74, 6) is 0.386. The van der Waals surface area contributed by atoms with Crippen molar-refractivity contribution in [2.24, 2.45) is 0 Å². The van der Waals surface area contributed by atoms with Gasteiger partial charge >= 0.3 is 0 Å². The van der Waals surface area contributed by atoms with Crippen molar-refractivity contribution in [2.75, 3.05) is 5.32 Å². The van der Waals surface area contributed by atoms with Crippen LogP contribution in [0, 0.1) is 25.2 Å². The summed E-state index contributed by atoms with van der Waals surface area (Å²) in [6.45, 7) is 6.37. The van der Waals surface area contributed by atoms with Crippen molar-refractivity contribution in [3.8, 4) is 6.07 Å². The number of hydrogen-bond acceptors (Lipinski definition) is 4. The van der Waals surface area contributed by atoms with Crippen molar-refractivity contribution < 1.29 is 4.79 Å². The molecule has 28 heavy (non-hydrogen) atoms. The summed E-state index contributed by atoms with van der Waals surface area (Å²) < 4.78 is 2.01. The predicted octanol–water partition coefficient (Wildman–Crippen LogP) is 3.19. The molecule has 7 heteroatoms. The molecule has 0 aliphatic carbocycles. The van der Waals surface area contributed by atoms with Crippen molar-refractivity contribution in [1.82, 2.24) is 14.5 Å². The van der Waals surface area contributed by atoms with Crippen LogP contribution in [-0.4, -0.2) is 20.4 Å². The molecule has 7 nitrogen and oxygen atoms in total. The van der Waals surface area contributed by atoms with Gasteiger partial charge in [-0.1, -0.05) is 19.1 Å². The van der Waals surface area contributed by atoms with Gasteiger partial charge in [-0.05, 0) is 49.9 Å². The van der Waals surface area contributed by atoms with Crippen molar-refractivity contribution in [3.63, 3.8) is 0 Å². The maximum atomic E-state index is 12.6. The average molecular weight is 377 g/mol. The van der Waals surface area contributed by atoms with E-state index in [0.29, 0.717) is 23.6 Å². The number of aryl methyl sites for hydroxylation is 2. The van der Waals surface area contributed by atoms with E-state index in [2.05, 4.69) is 22.2 Å². The highest BCUT2D eigenvalue weighted by Gasteiger charge is 2.15. The zero-order valence-electron chi connectivity index (χ0n) is 16.3. The second-order valence-electron chi connectivity index (χ2n) is 6.79. The molecule has 1 amide bonds. The minimum absolute atomic E-state index is 0.103. The lowest BCUT2D eigenvalue weighted by molar-refractivity contribution is -0.116. The van der Waals surface area contributed by atoms with Gasteiger partial charge in [0.25, 0.3) is 5.56 Å². The molecule has 1 aromatic carbocycles. The van der Waals surface area contributed by atoms with Gasteiger partial charge in [0.2, 0.25) is 11.9 Å². The monoisotopic (exact) mass is 377 g/mol. The number of pyridine rings is 1. The number of para-hydroxylation sites is 2. The number of rotatable bonds is 6. The lowest BCUT2D eigenvalue weighted by Crippen LogP contribution is -2.19. The topological polar surface area (TPSA) is 104 Å². The average Bonchev–Trinajstić information content (AvgIpc) is 2.99. The van der Waals surface area contributed by atoms with E-state index in [9.17, 15) is 14.9 Å². The van der Waals surface area contributed by atoms with Crippen LogP contribution in [0.3, 0.4) is 0 Å². The van der Waals surface area contributed by atoms with Crippen LogP contribution in [0.15, 0.2) is 29.1 Å². The lowest BCUT2D eigenvalue weighted by atomic mass is 9.99. The van der Waals surface area contributed by atoms with Gasteiger partial charge in [0.05, 0.1) is 11.0 Å². The normalized spacial score (nSPS) is 10.8. The highest BCUT2D eigenvalue weighted by Crippen LogP contribution is 2.21. The summed E-state index contributed by atoms with van der Waals surface area (Å²) >= 11 is 0. The molecule has 3 aromatic rings. The van der Waals surface area contributed by atoms with E-state index in [1.54, 1.807) is 13.8 Å². The number of carbonyl (C=O) groups is 1. The first-order valence-electron chi connectivity index (χ1n) is 9.33. The Kier molecular flexibility index (Phi) is 5.59. The van der Waals surface area contributed by atoms with Crippen LogP contribution in [0.25, 0.3) is 11.0 Å². The van der Waals surface area contributed by atoms with E-state index in [-0.39, 0.29) is 23.5 Å². The number of anilines is 1. The maximum absolute atomic E-state index is 12.6. The molecule has 2 N–H and O–H groups in total. The number of imidazole rings is 1. The third-order valence-electron chi connectivity index (χ3n) is 4.88. The lowest BCUT2D eigenvalue weighted by Gasteiger charge is -2.12. The molecule has 2 heterocycles. The zero-order valence-corrected chi connectivity index (χ0v) is 16.3. The first-order valence-corrected chi connectivity index (χ1v) is 9.33. The molecule has 144 valence electrons. The maximum Gasteiger partial charge on any atom is 0.266 e. The highest BCUT2D eigenvalue weighted by molar-refractivity contribution is 5.91. The standard InChI is InChI=1S/C21H23N5O2/c1-4-11-26-18-8-6-5-7-17(18)24-21(26)25-19(27)10-9-15-13(2)16(12-22)20(28)23-14(15)3/h5-8H,4,9-11H2,1-3H3,(H,23,28)(H,24,25,27). The van der Waals surface area contributed by atoms with Crippen LogP contribution in [0.2, 0.25) is 0 Å². The molecule has 0 spiro atoms. The van der Waals surface area contributed by atoms with Crippen molar-refractivity contribution >= 4 is 22.9 Å². The number of aromatic nitrogens is 3. The summed E-state index contributed by atoms with van der Waals surface area (Å²) in [7, 11) is 0. The number of amides is 1. The van der Waals surface area contributed by atoms with Crippen molar-refractivity contribution in [2.45, 2.75) is 46.6 Å². The molecule has 0 unspecified atom stereocenters. The van der Waals surface area contributed by atoms with E-state index in [1.165, 1.54) is 0 Å². The molecule has 0 aliphatic heterocycles. The minimum atomic E-state index is -0.390. The van der Waals surface area contributed by atoms with Gasteiger partial charge < -0.3 is 9.55 Å². The number of carbonyl (C=O) groups excluding carboxylic acids is 1. The second kappa shape index (κ2) is 8.09. The largest absolute Gasteiger partial charge is 0.325 e. The van der Waals surface area contributed by atoms with Crippen molar-refractivity contribution in [1.29, 1.82) is 5.26 Å². The fourth-order valence-corrected chi connectivity index (χ4v) is 3.47. The number of aromatic amines is 1. The van der Waals surface area contributed by atoms with Gasteiger partial charge in [0.1, 0.15) is 11.6 Å². The Morgan fingerprint density at radius 2 is 2.07 bits per heavy atom. The number of fused-ring (bicyclic) bond motifs is 1. The van der Waals surface area contributed by atoms with E-state index >= 15 is 0 Å². The first-order chi connectivity index (χ1) is 13.5. The fraction of sp³-hybridized carbons (Fsp3) is 0.333. The zero-order chi connectivity index (χ0) is 20.3. The molecule has 0 bridgehead atoms. The smallest absolute Gasteiger partial charge is 0.266 e. The van der Waals surface area contributed by atoms with E-state index in [1.807, 2.05) is 34.9 Å². The number of nitrogens with one attached hydrogen (secondary N) is 2. The molecule has 0 fully saturated rings. The number of benzene rings is 1. The summed E-state index contributed by atoms with van der Waals surface area (Å²) in [4.78, 5) is 31.6. The Labute approximate surface area is 163 Å². The summed E-state index contributed by atoms with van der Waals surface area (Å²) in [5.41, 5.74) is 3.70. The number of nitrogens with zero attached hydrogens (tertiary/aromatic N) is 3. The molecule has 0 atom stereocenters. The Hall–Kier alpha value is -3.40. The van der Waals surface area contributed by atoms with Crippen LogP contribution in [0.1, 0.15) is 42.1 Å². The van der Waals surface area contributed by atoms with Gasteiger partial charge in [-0.25, -0.2) is 4.98 Å². The van der Waals surface area contributed by atoms with E-state index < -0.39 is 0 Å². The Balaban J connectivity index is 1.79. The Bertz CT molecular complexity index is 1130. The third-order valence-corrected chi connectivity index (χ3v) is 4.88. The van der Waals surface area contributed by atoms with Gasteiger partial charge in [-0.3, -0.25) is 14.9 Å². The van der Waals surface area contributed by atoms with Crippen LogP contribution >= 0.6 is 0 Å². The first kappa shape index (κ1) is 19.4. The molecular formula is C21H23N5O2. The van der Waals surface area contributed by atoms with Gasteiger partial charge in [0, 0.05) is 18.7 Å². The summed E-state index contributed by atoms with van der Waals surface area (Å²) in [5, 5.41) is 12.1. The van der Waals surface area contributed by atoms with Crippen LogP contribution in [-0.2, 0) is 17.8 Å². The fourth-order valence-electron chi connectivity index (χ4n) is 3.47. The minimum Gasteiger partial charge on any atom is -0.325 e. The highest BCUT2D eigenvalue weighted by atomic mass is 16.1. The number of H-pyrrole nitrogens is 1. The van der Waals surface area contributed by atoms with Gasteiger partial charge in [-0.2, -0.15) is 5.26 Å². The quantitative estimate of drug-likeness (QED) is 0.688. The van der Waals surface area contributed by atoms with Crippen LogP contribution in [0.4, 0.5) is 5.95 Å². The van der Waals surface area contributed by atoms with Crippen LogP contribution in [0.5, 0.6) is 0 Å². The molecule has 0 radical (unpaired) electrons. The number of nitriles is 1. The van der Waals surface area contributed by atoms with E-state index in [0.717, 1.165) is 29.6 Å². The van der Waals surface area contributed by atoms with Gasteiger partial charge in [0.15, 0.2) is 0 Å². The molecule has 3 rings (SSSR count). The summed E-state index contributed by atoms with van der Waals surface area (Å²) in [6, 6.07) is 9.73. The Morgan fingerprint density at radius 1 is 1.32 bits per heavy atom. The molecular weight excluding hydrogens is 354 g/mol. The SMILES string of the molecule is CCCn1c(NC(=O)CCc2c(C)[nH]c(=O)c(C#N)c2C)nc2ccccc21. The van der Waals surface area contributed by atoms with Crippen LogP contribution < -0.4 is 10.9 Å².